The molecular weight excluding hydrogens is 183 g/mol. The van der Waals surface area contributed by atoms with Crippen molar-refractivity contribution >= 4 is 29.6 Å². The Morgan fingerprint density at radius 3 is 2.30 bits per heavy atom. The van der Waals surface area contributed by atoms with Crippen LogP contribution in [0.3, 0.4) is 0 Å². The molecule has 0 heterocycles. The molecule has 0 saturated heterocycles. The minimum absolute atomic E-state index is 0.817. The van der Waals surface area contributed by atoms with E-state index in [0.717, 1.165) is 12.0 Å². The van der Waals surface area contributed by atoms with Gasteiger partial charge in [-0.25, -0.2) is 0 Å². The van der Waals surface area contributed by atoms with Crippen LogP contribution < -0.4 is 0 Å². The van der Waals surface area contributed by atoms with Gasteiger partial charge in [0.05, 0.1) is 0 Å². The molecule has 62 valence electrons. The van der Waals surface area contributed by atoms with Crippen LogP contribution in [-0.2, 0) is 0 Å². The van der Waals surface area contributed by atoms with Gasteiger partial charge in [0, 0.05) is 0 Å². The predicted molar refractivity (Wildman–Crippen MR) is 52.4 cm³/mol. The summed E-state index contributed by atoms with van der Waals surface area (Å²) < 4.78 is 0. The highest BCUT2D eigenvalue weighted by Gasteiger charge is 2.05. The maximum absolute atomic E-state index is 5.73. The van der Waals surface area contributed by atoms with E-state index in [-0.39, 0.29) is 0 Å². The van der Waals surface area contributed by atoms with Crippen LogP contribution in [0.5, 0.6) is 0 Å². The van der Waals surface area contributed by atoms with E-state index in [1.54, 1.807) is 0 Å². The van der Waals surface area contributed by atoms with Crippen molar-refractivity contribution in [2.45, 2.75) is 39.2 Å². The molecule has 0 fully saturated rings. The Morgan fingerprint density at radius 2 is 1.90 bits per heavy atom. The molecular formula is C7H16Cl2Si. The van der Waals surface area contributed by atoms with Crippen LogP contribution in [0, 0.1) is 5.92 Å². The molecule has 0 bridgehead atoms. The Morgan fingerprint density at radius 1 is 1.30 bits per heavy atom. The first-order chi connectivity index (χ1) is 4.66. The van der Waals surface area contributed by atoms with Gasteiger partial charge in [0.1, 0.15) is 0 Å². The summed E-state index contributed by atoms with van der Waals surface area (Å²) in [5.41, 5.74) is 0. The summed E-state index contributed by atoms with van der Waals surface area (Å²) in [5, 5.41) is 0. The van der Waals surface area contributed by atoms with Crippen molar-refractivity contribution in [1.82, 2.24) is 0 Å². The van der Waals surface area contributed by atoms with Gasteiger partial charge >= 0.3 is 0 Å². The van der Waals surface area contributed by atoms with E-state index in [4.69, 9.17) is 22.2 Å². The minimum atomic E-state index is -1.31. The van der Waals surface area contributed by atoms with Crippen molar-refractivity contribution < 1.29 is 0 Å². The van der Waals surface area contributed by atoms with E-state index in [0.29, 0.717) is 0 Å². The summed E-state index contributed by atoms with van der Waals surface area (Å²) in [7, 11) is -1.31. The fourth-order valence-corrected chi connectivity index (χ4v) is 2.62. The predicted octanol–water partition coefficient (Wildman–Crippen LogP) is 3.51. The molecule has 1 atom stereocenters. The van der Waals surface area contributed by atoms with Crippen LogP contribution in [0.25, 0.3) is 0 Å². The van der Waals surface area contributed by atoms with Gasteiger partial charge in [0.25, 0.3) is 0 Å². The Bertz CT molecular complexity index is 76.0. The molecule has 0 aromatic carbocycles. The number of rotatable bonds is 5. The van der Waals surface area contributed by atoms with Gasteiger partial charge in [-0.3, -0.25) is 0 Å². The normalized spacial score (nSPS) is 14.1. The second-order valence-electron chi connectivity index (χ2n) is 2.86. The molecule has 0 aliphatic heterocycles. The zero-order valence-electron chi connectivity index (χ0n) is 6.74. The Kier molecular flexibility index (Phi) is 7.02. The fraction of sp³-hybridized carbons (Fsp3) is 1.00. The quantitative estimate of drug-likeness (QED) is 0.469. The first-order valence-electron chi connectivity index (χ1n) is 3.95. The number of hydrogen-bond donors (Lipinski definition) is 0. The highest BCUT2D eigenvalue weighted by molar-refractivity contribution is 7.33. The van der Waals surface area contributed by atoms with E-state index in [1.807, 2.05) is 0 Å². The second kappa shape index (κ2) is 6.50. The zero-order chi connectivity index (χ0) is 7.98. The molecule has 0 saturated carbocycles. The summed E-state index contributed by atoms with van der Waals surface area (Å²) in [5.74, 6) is 0.817. The van der Waals surface area contributed by atoms with Gasteiger partial charge < -0.3 is 0 Å². The molecule has 0 aliphatic rings. The lowest BCUT2D eigenvalue weighted by molar-refractivity contribution is 0.508. The highest BCUT2D eigenvalue weighted by Crippen LogP contribution is 2.16. The molecule has 0 nitrogen and oxygen atoms in total. The molecule has 0 amide bonds. The SMILES string of the molecule is CCCC(C)CC[SiH](Cl)Cl. The maximum Gasteiger partial charge on any atom is 0.237 e. The largest absolute Gasteiger partial charge is 0.237 e. The molecule has 0 aromatic rings. The summed E-state index contributed by atoms with van der Waals surface area (Å²) in [6.07, 6.45) is 3.81. The average Bonchev–Trinajstić information content (AvgIpc) is 1.85. The van der Waals surface area contributed by atoms with E-state index < -0.39 is 7.42 Å². The molecule has 0 aliphatic carbocycles. The van der Waals surface area contributed by atoms with Crippen LogP contribution in [-0.4, -0.2) is 7.42 Å². The molecule has 3 heteroatoms. The lowest BCUT2D eigenvalue weighted by Crippen LogP contribution is -1.98. The number of halogens is 2. The zero-order valence-corrected chi connectivity index (χ0v) is 9.41. The highest BCUT2D eigenvalue weighted by atomic mass is 35.7. The third-order valence-corrected chi connectivity index (χ3v) is 3.74. The second-order valence-corrected chi connectivity index (χ2v) is 8.05. The van der Waals surface area contributed by atoms with Crippen molar-refractivity contribution in [3.63, 3.8) is 0 Å². The van der Waals surface area contributed by atoms with Crippen molar-refractivity contribution in [3.05, 3.63) is 0 Å². The first-order valence-corrected chi connectivity index (χ1v) is 8.25. The van der Waals surface area contributed by atoms with Gasteiger partial charge in [0.15, 0.2) is 0 Å². The molecule has 0 rings (SSSR count). The first kappa shape index (κ1) is 10.8. The summed E-state index contributed by atoms with van der Waals surface area (Å²) >= 11 is 11.5. The standard InChI is InChI=1S/C7H16Cl2Si/c1-3-4-7(2)5-6-10(8)9/h7,10H,3-6H2,1-2H3. The van der Waals surface area contributed by atoms with Gasteiger partial charge in [-0.05, 0) is 12.0 Å². The Labute approximate surface area is 74.9 Å². The van der Waals surface area contributed by atoms with Crippen LogP contribution >= 0.6 is 22.2 Å². The van der Waals surface area contributed by atoms with E-state index >= 15 is 0 Å². The van der Waals surface area contributed by atoms with Crippen molar-refractivity contribution in [1.29, 1.82) is 0 Å². The molecule has 10 heavy (non-hydrogen) atoms. The summed E-state index contributed by atoms with van der Waals surface area (Å²) in [6, 6.07) is 1.07. The van der Waals surface area contributed by atoms with E-state index in [2.05, 4.69) is 13.8 Å². The Hall–Kier alpha value is 0.797. The molecule has 1 unspecified atom stereocenters. The molecule has 0 spiro atoms. The molecule has 0 aromatic heterocycles. The fourth-order valence-electron chi connectivity index (χ4n) is 1.05. The van der Waals surface area contributed by atoms with Crippen molar-refractivity contribution in [3.8, 4) is 0 Å². The maximum atomic E-state index is 5.73. The third kappa shape index (κ3) is 6.91. The van der Waals surface area contributed by atoms with Crippen LogP contribution in [0.4, 0.5) is 0 Å². The van der Waals surface area contributed by atoms with Gasteiger partial charge in [-0.1, -0.05) is 33.1 Å². The molecule has 0 N–H and O–H groups in total. The Balaban J connectivity index is 3.12. The third-order valence-electron chi connectivity index (χ3n) is 1.66. The van der Waals surface area contributed by atoms with Crippen LogP contribution in [0.1, 0.15) is 33.1 Å². The smallest absolute Gasteiger partial charge is 0.150 e. The lowest BCUT2D eigenvalue weighted by atomic mass is 10.0. The van der Waals surface area contributed by atoms with Gasteiger partial charge in [-0.2, -0.15) is 22.2 Å². The lowest BCUT2D eigenvalue weighted by Gasteiger charge is -2.08. The summed E-state index contributed by atoms with van der Waals surface area (Å²) in [4.78, 5) is 0. The summed E-state index contributed by atoms with van der Waals surface area (Å²) in [6.45, 7) is 4.49. The van der Waals surface area contributed by atoms with Crippen molar-refractivity contribution in [2.24, 2.45) is 5.92 Å². The minimum Gasteiger partial charge on any atom is -0.150 e. The van der Waals surface area contributed by atoms with Crippen LogP contribution in [0.15, 0.2) is 0 Å². The molecule has 0 radical (unpaired) electrons. The topological polar surface area (TPSA) is 0 Å². The van der Waals surface area contributed by atoms with E-state index in [9.17, 15) is 0 Å². The van der Waals surface area contributed by atoms with Crippen LogP contribution in [0.2, 0.25) is 6.04 Å². The van der Waals surface area contributed by atoms with Gasteiger partial charge in [-0.15, -0.1) is 0 Å². The van der Waals surface area contributed by atoms with Crippen molar-refractivity contribution in [2.75, 3.05) is 0 Å². The van der Waals surface area contributed by atoms with Gasteiger partial charge in [0.2, 0.25) is 7.42 Å². The van der Waals surface area contributed by atoms with E-state index in [1.165, 1.54) is 19.3 Å². The number of hydrogen-bond acceptors (Lipinski definition) is 0. The monoisotopic (exact) mass is 198 g/mol. The average molecular weight is 199 g/mol.